The van der Waals surface area contributed by atoms with Crippen molar-refractivity contribution in [3.05, 3.63) is 125 Å². The first-order valence-corrected chi connectivity index (χ1v) is 14.5. The third-order valence-electron chi connectivity index (χ3n) is 8.03. The summed E-state index contributed by atoms with van der Waals surface area (Å²) < 4.78 is 35.2. The van der Waals surface area contributed by atoms with E-state index in [9.17, 15) is 13.2 Å². The molecule has 1 fully saturated rings. The molecular formula is C32H30N2O4S. The average molecular weight is 539 g/mol. The van der Waals surface area contributed by atoms with Gasteiger partial charge in [0.15, 0.2) is 0 Å². The minimum Gasteiger partial charge on any atom is -0.497 e. The van der Waals surface area contributed by atoms with E-state index in [4.69, 9.17) is 4.74 Å². The van der Waals surface area contributed by atoms with Gasteiger partial charge in [0.2, 0.25) is 15.9 Å². The first-order chi connectivity index (χ1) is 18.9. The van der Waals surface area contributed by atoms with Crippen molar-refractivity contribution in [2.24, 2.45) is 0 Å². The van der Waals surface area contributed by atoms with Gasteiger partial charge in [-0.15, -0.1) is 0 Å². The molecule has 1 spiro atoms. The summed E-state index contributed by atoms with van der Waals surface area (Å²) >= 11 is 0. The van der Waals surface area contributed by atoms with Gasteiger partial charge < -0.3 is 9.64 Å². The standard InChI is InChI=1S/C32H30N2O4S/c1-23-12-18-27(19-13-23)39(36,37)34-21-20-32(30(34)25-14-16-26(38-2)17-15-25)28-10-6-7-11-29(28)33(31(32)35)22-24-8-4-3-5-9-24/h3-19,30H,20-22H2,1-2H3/t30-,32-/m1/s1. The Morgan fingerprint density at radius 3 is 2.23 bits per heavy atom. The highest BCUT2D eigenvalue weighted by Crippen LogP contribution is 2.58. The van der Waals surface area contributed by atoms with Gasteiger partial charge in [0.1, 0.15) is 5.75 Å². The summed E-state index contributed by atoms with van der Waals surface area (Å²) in [5.41, 5.74) is 3.40. The number of nitrogens with zero attached hydrogens (tertiary/aromatic N) is 2. The molecule has 0 saturated carbocycles. The molecule has 6 rings (SSSR count). The molecule has 2 heterocycles. The summed E-state index contributed by atoms with van der Waals surface area (Å²) in [5.74, 6) is 0.595. The zero-order valence-corrected chi connectivity index (χ0v) is 22.8. The lowest BCUT2D eigenvalue weighted by molar-refractivity contribution is -0.124. The number of para-hydroxylation sites is 1. The second-order valence-electron chi connectivity index (χ2n) is 10.2. The maximum Gasteiger partial charge on any atom is 0.243 e. The minimum absolute atomic E-state index is 0.0741. The van der Waals surface area contributed by atoms with Gasteiger partial charge in [0, 0.05) is 12.2 Å². The summed E-state index contributed by atoms with van der Waals surface area (Å²) in [6.07, 6.45) is 0.385. The number of carbonyl (C=O) groups is 1. The number of fused-ring (bicyclic) bond motifs is 2. The van der Waals surface area contributed by atoms with E-state index in [0.29, 0.717) is 18.7 Å². The normalized spacial score (nSPS) is 20.9. The van der Waals surface area contributed by atoms with Crippen molar-refractivity contribution in [3.63, 3.8) is 0 Å². The average Bonchev–Trinajstić information content (AvgIpc) is 3.48. The van der Waals surface area contributed by atoms with E-state index in [1.165, 1.54) is 4.31 Å². The molecule has 0 N–H and O–H groups in total. The van der Waals surface area contributed by atoms with E-state index in [1.807, 2.05) is 90.7 Å². The predicted molar refractivity (Wildman–Crippen MR) is 151 cm³/mol. The fraction of sp³-hybridized carbons (Fsp3) is 0.219. The van der Waals surface area contributed by atoms with E-state index in [1.54, 1.807) is 31.4 Å². The number of carbonyl (C=O) groups excluding carboxylic acids is 1. The van der Waals surface area contributed by atoms with Crippen LogP contribution in [0.2, 0.25) is 0 Å². The second kappa shape index (κ2) is 9.67. The van der Waals surface area contributed by atoms with Gasteiger partial charge in [-0.1, -0.05) is 78.4 Å². The zero-order valence-electron chi connectivity index (χ0n) is 21.9. The van der Waals surface area contributed by atoms with Gasteiger partial charge in [-0.3, -0.25) is 4.79 Å². The Kier molecular flexibility index (Phi) is 6.28. The van der Waals surface area contributed by atoms with Crippen molar-refractivity contribution in [1.29, 1.82) is 0 Å². The van der Waals surface area contributed by atoms with Crippen molar-refractivity contribution >= 4 is 21.6 Å². The Morgan fingerprint density at radius 2 is 1.54 bits per heavy atom. The van der Waals surface area contributed by atoms with Crippen LogP contribution in [-0.2, 0) is 26.8 Å². The van der Waals surface area contributed by atoms with Gasteiger partial charge in [0.25, 0.3) is 0 Å². The third kappa shape index (κ3) is 4.04. The number of anilines is 1. The molecule has 1 amide bonds. The number of hydrogen-bond donors (Lipinski definition) is 0. The summed E-state index contributed by atoms with van der Waals surface area (Å²) in [6.45, 7) is 2.57. The minimum atomic E-state index is -3.90. The monoisotopic (exact) mass is 538 g/mol. The van der Waals surface area contributed by atoms with E-state index >= 15 is 0 Å². The van der Waals surface area contributed by atoms with Crippen LogP contribution in [0.15, 0.2) is 108 Å². The zero-order chi connectivity index (χ0) is 27.2. The largest absolute Gasteiger partial charge is 0.497 e. The lowest BCUT2D eigenvalue weighted by atomic mass is 9.73. The maximum atomic E-state index is 14.6. The van der Waals surface area contributed by atoms with Crippen LogP contribution in [0.25, 0.3) is 0 Å². The Balaban J connectivity index is 1.52. The quantitative estimate of drug-likeness (QED) is 0.319. The molecule has 0 aliphatic carbocycles. The van der Waals surface area contributed by atoms with Crippen molar-refractivity contribution in [2.45, 2.75) is 36.2 Å². The molecule has 0 aromatic heterocycles. The van der Waals surface area contributed by atoms with Gasteiger partial charge in [0.05, 0.1) is 30.0 Å². The fourth-order valence-electron chi connectivity index (χ4n) is 6.12. The molecule has 39 heavy (non-hydrogen) atoms. The molecule has 2 aliphatic rings. The van der Waals surface area contributed by atoms with Crippen LogP contribution >= 0.6 is 0 Å². The number of methoxy groups -OCH3 is 1. The highest BCUT2D eigenvalue weighted by Gasteiger charge is 2.62. The molecule has 7 heteroatoms. The molecule has 0 unspecified atom stereocenters. The van der Waals surface area contributed by atoms with Crippen molar-refractivity contribution in [1.82, 2.24) is 4.31 Å². The van der Waals surface area contributed by atoms with Gasteiger partial charge in [-0.25, -0.2) is 8.42 Å². The first kappa shape index (κ1) is 25.3. The summed E-state index contributed by atoms with van der Waals surface area (Å²) in [6, 6.07) is 31.3. The molecule has 198 valence electrons. The van der Waals surface area contributed by atoms with Crippen LogP contribution in [0.3, 0.4) is 0 Å². The Hall–Kier alpha value is -3.94. The van der Waals surface area contributed by atoms with E-state index in [-0.39, 0.29) is 17.3 Å². The van der Waals surface area contributed by atoms with Crippen molar-refractivity contribution in [2.75, 3.05) is 18.6 Å². The smallest absolute Gasteiger partial charge is 0.243 e. The lowest BCUT2D eigenvalue weighted by Gasteiger charge is -2.34. The summed E-state index contributed by atoms with van der Waals surface area (Å²) in [5, 5.41) is 0. The van der Waals surface area contributed by atoms with Crippen LogP contribution in [0.4, 0.5) is 5.69 Å². The molecule has 0 radical (unpaired) electrons. The molecule has 2 aliphatic heterocycles. The second-order valence-corrected chi connectivity index (χ2v) is 12.1. The van der Waals surface area contributed by atoms with E-state index < -0.39 is 21.5 Å². The number of aryl methyl sites for hydroxylation is 1. The molecule has 6 nitrogen and oxygen atoms in total. The number of benzene rings is 4. The van der Waals surface area contributed by atoms with E-state index in [0.717, 1.165) is 27.9 Å². The topological polar surface area (TPSA) is 66.9 Å². The molecule has 4 aromatic carbocycles. The molecule has 4 aromatic rings. The predicted octanol–water partition coefficient (Wildman–Crippen LogP) is 5.62. The Bertz CT molecular complexity index is 1620. The number of amides is 1. The van der Waals surface area contributed by atoms with Crippen molar-refractivity contribution < 1.29 is 17.9 Å². The van der Waals surface area contributed by atoms with Crippen LogP contribution in [0.5, 0.6) is 5.75 Å². The van der Waals surface area contributed by atoms with Gasteiger partial charge in [-0.05, 0) is 60.4 Å². The van der Waals surface area contributed by atoms with E-state index in [2.05, 4.69) is 0 Å². The number of ether oxygens (including phenoxy) is 1. The maximum absolute atomic E-state index is 14.6. The van der Waals surface area contributed by atoms with Gasteiger partial charge in [-0.2, -0.15) is 4.31 Å². The first-order valence-electron chi connectivity index (χ1n) is 13.0. The Labute approximate surface area is 229 Å². The van der Waals surface area contributed by atoms with Crippen LogP contribution in [0, 0.1) is 6.92 Å². The molecule has 1 saturated heterocycles. The highest BCUT2D eigenvalue weighted by molar-refractivity contribution is 7.89. The highest BCUT2D eigenvalue weighted by atomic mass is 32.2. The number of hydrogen-bond acceptors (Lipinski definition) is 4. The molecular weight excluding hydrogens is 508 g/mol. The third-order valence-corrected chi connectivity index (χ3v) is 9.90. The van der Waals surface area contributed by atoms with Gasteiger partial charge >= 0.3 is 0 Å². The SMILES string of the molecule is COc1ccc([C@H]2N(S(=O)(=O)c3ccc(C)cc3)CC[C@]23C(=O)N(Cc2ccccc2)c2ccccc23)cc1. The number of sulfonamides is 1. The Morgan fingerprint density at radius 1 is 0.872 bits per heavy atom. The van der Waals surface area contributed by atoms with Crippen LogP contribution < -0.4 is 9.64 Å². The number of rotatable bonds is 6. The molecule has 0 bridgehead atoms. The van der Waals surface area contributed by atoms with Crippen LogP contribution in [-0.4, -0.2) is 32.3 Å². The lowest BCUT2D eigenvalue weighted by Crippen LogP contribution is -2.45. The summed E-state index contributed by atoms with van der Waals surface area (Å²) in [4.78, 5) is 16.7. The molecule has 2 atom stereocenters. The van der Waals surface area contributed by atoms with Crippen molar-refractivity contribution in [3.8, 4) is 5.75 Å². The van der Waals surface area contributed by atoms with Crippen LogP contribution in [0.1, 0.15) is 34.7 Å². The fourth-order valence-corrected chi connectivity index (χ4v) is 7.78. The summed E-state index contributed by atoms with van der Waals surface area (Å²) in [7, 11) is -2.31.